The third kappa shape index (κ3) is 3.53. The van der Waals surface area contributed by atoms with Crippen LogP contribution in [0.1, 0.15) is 69.3 Å². The van der Waals surface area contributed by atoms with Crippen LogP contribution in [0.3, 0.4) is 0 Å². The van der Waals surface area contributed by atoms with Gasteiger partial charge in [0.2, 0.25) is 10.0 Å². The van der Waals surface area contributed by atoms with E-state index < -0.39 is 10.0 Å². The van der Waals surface area contributed by atoms with Crippen LogP contribution in [-0.2, 0) is 10.0 Å². The molecule has 2 atom stereocenters. The highest BCUT2D eigenvalue weighted by Crippen LogP contribution is 2.33. The third-order valence-corrected chi connectivity index (χ3v) is 7.60. The lowest BCUT2D eigenvalue weighted by Crippen LogP contribution is -2.47. The molecule has 1 aromatic carbocycles. The van der Waals surface area contributed by atoms with E-state index in [9.17, 15) is 8.42 Å². The van der Waals surface area contributed by atoms with Crippen LogP contribution in [-0.4, -0.2) is 26.5 Å². The van der Waals surface area contributed by atoms with Crippen molar-refractivity contribution in [1.82, 2.24) is 10.0 Å². The summed E-state index contributed by atoms with van der Waals surface area (Å²) in [4.78, 5) is 0.410. The molecule has 0 aromatic heterocycles. The predicted molar refractivity (Wildman–Crippen MR) is 95.6 cm³/mol. The van der Waals surface area contributed by atoms with E-state index in [-0.39, 0.29) is 6.04 Å². The van der Waals surface area contributed by atoms with Crippen molar-refractivity contribution in [2.24, 2.45) is 0 Å². The SMILES string of the molecule is O=S(=O)(NC1CC2CCC(C1)N2)c1ccc(C2CCCCC2)cc1. The molecule has 4 nitrogen and oxygen atoms in total. The molecule has 3 aliphatic rings. The fourth-order valence-electron chi connectivity index (χ4n) is 4.80. The van der Waals surface area contributed by atoms with Gasteiger partial charge in [-0.1, -0.05) is 31.4 Å². The smallest absolute Gasteiger partial charge is 0.240 e. The second-order valence-corrected chi connectivity index (χ2v) is 9.55. The van der Waals surface area contributed by atoms with Gasteiger partial charge < -0.3 is 5.32 Å². The van der Waals surface area contributed by atoms with Crippen molar-refractivity contribution in [2.75, 3.05) is 0 Å². The Morgan fingerprint density at radius 3 is 2.12 bits per heavy atom. The molecule has 0 amide bonds. The summed E-state index contributed by atoms with van der Waals surface area (Å²) in [6, 6.07) is 8.69. The van der Waals surface area contributed by atoms with Gasteiger partial charge in [0.1, 0.15) is 0 Å². The number of benzene rings is 1. The van der Waals surface area contributed by atoms with Gasteiger partial charge >= 0.3 is 0 Å². The highest BCUT2D eigenvalue weighted by molar-refractivity contribution is 7.89. The summed E-state index contributed by atoms with van der Waals surface area (Å²) in [5.41, 5.74) is 1.30. The molecule has 24 heavy (non-hydrogen) atoms. The van der Waals surface area contributed by atoms with Crippen LogP contribution in [0.4, 0.5) is 0 Å². The standard InChI is InChI=1S/C19H28N2O2S/c22-24(23,21-18-12-16-8-9-17(13-18)20-16)19-10-6-15(7-11-19)14-4-2-1-3-5-14/h6-7,10-11,14,16-18,20-21H,1-5,8-9,12-13H2. The fraction of sp³-hybridized carbons (Fsp3) is 0.684. The molecule has 2 saturated heterocycles. The van der Waals surface area contributed by atoms with Crippen LogP contribution < -0.4 is 10.0 Å². The molecule has 0 spiro atoms. The van der Waals surface area contributed by atoms with Crippen molar-refractivity contribution in [3.05, 3.63) is 29.8 Å². The minimum absolute atomic E-state index is 0.0757. The molecule has 2 N–H and O–H groups in total. The molecular weight excluding hydrogens is 320 g/mol. The maximum absolute atomic E-state index is 12.7. The molecule has 4 rings (SSSR count). The first-order valence-corrected chi connectivity index (χ1v) is 11.0. The minimum atomic E-state index is -3.40. The van der Waals surface area contributed by atoms with Gasteiger partial charge in [-0.3, -0.25) is 0 Å². The Labute approximate surface area is 145 Å². The van der Waals surface area contributed by atoms with Gasteiger partial charge in [-0.25, -0.2) is 13.1 Å². The first-order chi connectivity index (χ1) is 11.6. The van der Waals surface area contributed by atoms with E-state index in [1.54, 1.807) is 12.1 Å². The summed E-state index contributed by atoms with van der Waals surface area (Å²) < 4.78 is 28.3. The van der Waals surface area contributed by atoms with E-state index >= 15 is 0 Å². The van der Waals surface area contributed by atoms with Crippen molar-refractivity contribution in [1.29, 1.82) is 0 Å². The summed E-state index contributed by atoms with van der Waals surface area (Å²) >= 11 is 0. The number of hydrogen-bond donors (Lipinski definition) is 2. The second-order valence-electron chi connectivity index (χ2n) is 7.83. The molecule has 2 bridgehead atoms. The number of sulfonamides is 1. The van der Waals surface area contributed by atoms with Gasteiger partial charge in [-0.15, -0.1) is 0 Å². The highest BCUT2D eigenvalue weighted by atomic mass is 32.2. The summed E-state index contributed by atoms with van der Waals surface area (Å²) in [5, 5.41) is 3.55. The first-order valence-electron chi connectivity index (χ1n) is 9.48. The fourth-order valence-corrected chi connectivity index (χ4v) is 6.06. The van der Waals surface area contributed by atoms with Gasteiger partial charge in [0.25, 0.3) is 0 Å². The molecular formula is C19H28N2O2S. The maximum atomic E-state index is 12.7. The van der Waals surface area contributed by atoms with Crippen LogP contribution in [0.25, 0.3) is 0 Å². The molecule has 0 radical (unpaired) electrons. The van der Waals surface area contributed by atoms with Crippen LogP contribution in [0.5, 0.6) is 0 Å². The summed E-state index contributed by atoms with van der Waals surface area (Å²) in [6.07, 6.45) is 10.6. The zero-order valence-electron chi connectivity index (χ0n) is 14.2. The molecule has 5 heteroatoms. The predicted octanol–water partition coefficient (Wildman–Crippen LogP) is 3.30. The van der Waals surface area contributed by atoms with Gasteiger partial charge in [0, 0.05) is 18.1 Å². The summed E-state index contributed by atoms with van der Waals surface area (Å²) in [7, 11) is -3.40. The second kappa shape index (κ2) is 6.77. The molecule has 1 aromatic rings. The average Bonchev–Trinajstić information content (AvgIpc) is 2.94. The third-order valence-electron chi connectivity index (χ3n) is 6.06. The molecule has 1 aliphatic carbocycles. The largest absolute Gasteiger partial charge is 0.311 e. The first kappa shape index (κ1) is 16.6. The quantitative estimate of drug-likeness (QED) is 0.878. The number of piperidine rings is 1. The summed E-state index contributed by atoms with van der Waals surface area (Å²) in [6.45, 7) is 0. The molecule has 2 unspecified atom stereocenters. The van der Waals surface area contributed by atoms with Crippen LogP contribution in [0.15, 0.2) is 29.2 Å². The minimum Gasteiger partial charge on any atom is -0.311 e. The van der Waals surface area contributed by atoms with Crippen LogP contribution >= 0.6 is 0 Å². The Balaban J connectivity index is 1.43. The van der Waals surface area contributed by atoms with Gasteiger partial charge in [-0.2, -0.15) is 0 Å². The van der Waals surface area contributed by atoms with E-state index in [4.69, 9.17) is 0 Å². The molecule has 3 fully saturated rings. The van der Waals surface area contributed by atoms with E-state index in [0.29, 0.717) is 22.9 Å². The highest BCUT2D eigenvalue weighted by Gasteiger charge is 2.35. The lowest BCUT2D eigenvalue weighted by molar-refractivity contribution is 0.345. The normalized spacial score (nSPS) is 31.2. The zero-order valence-corrected chi connectivity index (χ0v) is 15.0. The number of hydrogen-bond acceptors (Lipinski definition) is 3. The number of nitrogens with one attached hydrogen (secondary N) is 2. The van der Waals surface area contributed by atoms with E-state index in [0.717, 1.165) is 12.8 Å². The summed E-state index contributed by atoms with van der Waals surface area (Å²) in [5.74, 6) is 0.614. The van der Waals surface area contributed by atoms with Crippen molar-refractivity contribution >= 4 is 10.0 Å². The molecule has 1 saturated carbocycles. The average molecular weight is 349 g/mol. The topological polar surface area (TPSA) is 58.2 Å². The Bertz CT molecular complexity index is 653. The molecule has 2 heterocycles. The molecule has 132 valence electrons. The van der Waals surface area contributed by atoms with Crippen molar-refractivity contribution < 1.29 is 8.42 Å². The van der Waals surface area contributed by atoms with E-state index in [2.05, 4.69) is 10.0 Å². The number of rotatable bonds is 4. The Kier molecular flexibility index (Phi) is 4.67. The Hall–Kier alpha value is -0.910. The lowest BCUT2D eigenvalue weighted by atomic mass is 9.84. The monoisotopic (exact) mass is 348 g/mol. The van der Waals surface area contributed by atoms with Crippen molar-refractivity contribution in [3.63, 3.8) is 0 Å². The Morgan fingerprint density at radius 1 is 0.875 bits per heavy atom. The Morgan fingerprint density at radius 2 is 1.50 bits per heavy atom. The van der Waals surface area contributed by atoms with Crippen molar-refractivity contribution in [3.8, 4) is 0 Å². The van der Waals surface area contributed by atoms with Gasteiger partial charge in [0.05, 0.1) is 4.90 Å². The zero-order chi connectivity index (χ0) is 16.6. The van der Waals surface area contributed by atoms with Crippen LogP contribution in [0.2, 0.25) is 0 Å². The number of fused-ring (bicyclic) bond motifs is 2. The van der Waals surface area contributed by atoms with Gasteiger partial charge in [0.15, 0.2) is 0 Å². The molecule has 2 aliphatic heterocycles. The van der Waals surface area contributed by atoms with E-state index in [1.807, 2.05) is 12.1 Å². The van der Waals surface area contributed by atoms with Crippen LogP contribution in [0, 0.1) is 0 Å². The van der Waals surface area contributed by atoms with Gasteiger partial charge in [-0.05, 0) is 62.1 Å². The van der Waals surface area contributed by atoms with Crippen molar-refractivity contribution in [2.45, 2.75) is 86.7 Å². The maximum Gasteiger partial charge on any atom is 0.240 e. The lowest BCUT2D eigenvalue weighted by Gasteiger charge is -2.29. The van der Waals surface area contributed by atoms with E-state index in [1.165, 1.54) is 50.5 Å².